The van der Waals surface area contributed by atoms with E-state index in [1.165, 1.54) is 6.07 Å². The maximum absolute atomic E-state index is 11.9. The lowest BCUT2D eigenvalue weighted by atomic mass is 10.0. The van der Waals surface area contributed by atoms with Crippen LogP contribution in [-0.2, 0) is 6.54 Å². The number of rotatable bonds is 2. The summed E-state index contributed by atoms with van der Waals surface area (Å²) in [5.74, 6) is 2.01. The highest BCUT2D eigenvalue weighted by Crippen LogP contribution is 2.26. The molecule has 2 aromatic heterocycles. The Morgan fingerprint density at radius 3 is 3.00 bits per heavy atom. The Balaban J connectivity index is 2.12. The summed E-state index contributed by atoms with van der Waals surface area (Å²) in [6.45, 7) is 5.95. The largest absolute Gasteiger partial charge is 0.367 e. The van der Waals surface area contributed by atoms with Gasteiger partial charge in [-0.05, 0) is 5.92 Å². The first-order valence-corrected chi connectivity index (χ1v) is 6.52. The summed E-state index contributed by atoms with van der Waals surface area (Å²) >= 11 is 0. The second-order valence-electron chi connectivity index (χ2n) is 5.13. The summed E-state index contributed by atoms with van der Waals surface area (Å²) in [5, 5.41) is 11.9. The average molecular weight is 259 g/mol. The molecular weight excluding hydrogens is 242 g/mol. The van der Waals surface area contributed by atoms with E-state index in [1.807, 2.05) is 4.57 Å². The molecule has 1 unspecified atom stereocenters. The summed E-state index contributed by atoms with van der Waals surface area (Å²) in [7, 11) is 0. The lowest BCUT2D eigenvalue weighted by Crippen LogP contribution is -2.36. The van der Waals surface area contributed by atoms with Gasteiger partial charge in [0.15, 0.2) is 17.1 Å². The van der Waals surface area contributed by atoms with Gasteiger partial charge in [-0.25, -0.2) is 0 Å². The summed E-state index contributed by atoms with van der Waals surface area (Å²) < 4.78 is 2.05. The minimum absolute atomic E-state index is 0.0337. The van der Waals surface area contributed by atoms with Crippen molar-refractivity contribution in [3.63, 3.8) is 0 Å². The summed E-state index contributed by atoms with van der Waals surface area (Å²) in [6.07, 6.45) is 3.31. The summed E-state index contributed by atoms with van der Waals surface area (Å²) in [5.41, 5.74) is 0.541. The number of pyridine rings is 1. The van der Waals surface area contributed by atoms with Crippen LogP contribution in [0, 0.1) is 5.92 Å². The van der Waals surface area contributed by atoms with Gasteiger partial charge in [0.05, 0.1) is 11.6 Å². The van der Waals surface area contributed by atoms with Crippen molar-refractivity contribution in [2.24, 2.45) is 5.92 Å². The molecule has 6 nitrogen and oxygen atoms in total. The van der Waals surface area contributed by atoms with Crippen LogP contribution in [0.4, 0.5) is 0 Å². The van der Waals surface area contributed by atoms with E-state index in [4.69, 9.17) is 0 Å². The van der Waals surface area contributed by atoms with Crippen molar-refractivity contribution in [1.29, 1.82) is 0 Å². The Morgan fingerprint density at radius 1 is 1.42 bits per heavy atom. The highest BCUT2D eigenvalue weighted by Gasteiger charge is 2.27. The van der Waals surface area contributed by atoms with Crippen LogP contribution < -0.4 is 10.7 Å². The van der Waals surface area contributed by atoms with Crippen LogP contribution in [-0.4, -0.2) is 26.3 Å². The van der Waals surface area contributed by atoms with Crippen LogP contribution in [0.15, 0.2) is 23.3 Å². The van der Waals surface area contributed by atoms with Crippen LogP contribution in [0.5, 0.6) is 0 Å². The molecule has 2 N–H and O–H groups in total. The second kappa shape index (κ2) is 4.62. The second-order valence-corrected chi connectivity index (χ2v) is 5.13. The number of hydrogen-bond donors (Lipinski definition) is 2. The quantitative estimate of drug-likeness (QED) is 0.841. The van der Waals surface area contributed by atoms with Crippen molar-refractivity contribution >= 4 is 0 Å². The van der Waals surface area contributed by atoms with E-state index >= 15 is 0 Å². The smallest absolute Gasteiger partial charge is 0.192 e. The lowest BCUT2D eigenvalue weighted by Gasteiger charge is -2.27. The minimum Gasteiger partial charge on any atom is -0.367 e. The fourth-order valence-electron chi connectivity index (χ4n) is 2.51. The Morgan fingerprint density at radius 2 is 2.26 bits per heavy atom. The molecule has 0 aromatic carbocycles. The third-order valence-corrected chi connectivity index (χ3v) is 3.49. The van der Waals surface area contributed by atoms with Crippen LogP contribution in [0.2, 0.25) is 0 Å². The molecular formula is C13H17N5O. The molecule has 19 heavy (non-hydrogen) atoms. The van der Waals surface area contributed by atoms with E-state index in [9.17, 15) is 4.79 Å². The molecule has 3 heterocycles. The van der Waals surface area contributed by atoms with Gasteiger partial charge in [-0.2, -0.15) is 0 Å². The van der Waals surface area contributed by atoms with Crippen molar-refractivity contribution in [3.05, 3.63) is 34.5 Å². The van der Waals surface area contributed by atoms with E-state index in [0.717, 1.165) is 18.9 Å². The minimum atomic E-state index is -0.0337. The Bertz CT molecular complexity index is 642. The van der Waals surface area contributed by atoms with Gasteiger partial charge in [0.1, 0.15) is 0 Å². The van der Waals surface area contributed by atoms with Crippen LogP contribution in [0.3, 0.4) is 0 Å². The van der Waals surface area contributed by atoms with Crippen LogP contribution in [0.25, 0.3) is 11.4 Å². The predicted octanol–water partition coefficient (Wildman–Crippen LogP) is 0.934. The van der Waals surface area contributed by atoms with Crippen molar-refractivity contribution in [3.8, 4) is 11.4 Å². The molecule has 3 rings (SSSR count). The Hall–Kier alpha value is -1.95. The number of nitrogens with one attached hydrogen (secondary N) is 2. The van der Waals surface area contributed by atoms with Crippen molar-refractivity contribution < 1.29 is 0 Å². The first kappa shape index (κ1) is 12.1. The zero-order chi connectivity index (χ0) is 13.4. The zero-order valence-corrected chi connectivity index (χ0v) is 11.1. The van der Waals surface area contributed by atoms with E-state index in [2.05, 4.69) is 34.3 Å². The molecule has 1 aliphatic heterocycles. The first-order valence-electron chi connectivity index (χ1n) is 6.52. The molecule has 0 fully saturated rings. The zero-order valence-electron chi connectivity index (χ0n) is 11.1. The van der Waals surface area contributed by atoms with Crippen molar-refractivity contribution in [2.45, 2.75) is 26.4 Å². The fraction of sp³-hybridized carbons (Fsp3) is 0.462. The van der Waals surface area contributed by atoms with Gasteiger partial charge < -0.3 is 14.9 Å². The van der Waals surface area contributed by atoms with Gasteiger partial charge in [0, 0.05) is 31.5 Å². The SMILES string of the molecule is CC(C)C1NCCn2c(-c3c[nH]ccc3=O)nnc21. The molecule has 0 bridgehead atoms. The number of nitrogens with zero attached hydrogens (tertiary/aromatic N) is 3. The maximum atomic E-state index is 11.9. The van der Waals surface area contributed by atoms with Crippen LogP contribution >= 0.6 is 0 Å². The Kier molecular flexibility index (Phi) is 2.94. The third kappa shape index (κ3) is 1.98. The van der Waals surface area contributed by atoms with E-state index in [1.54, 1.807) is 12.4 Å². The standard InChI is InChI=1S/C13H17N5O/c1-8(2)11-13-17-16-12(18(13)6-5-15-11)9-7-14-4-3-10(9)19/h3-4,7-8,11,15H,5-6H2,1-2H3,(H,14,19). The van der Waals surface area contributed by atoms with Gasteiger partial charge in [0.25, 0.3) is 0 Å². The number of H-pyrrole nitrogens is 1. The molecule has 0 radical (unpaired) electrons. The van der Waals surface area contributed by atoms with Crippen LogP contribution in [0.1, 0.15) is 25.7 Å². The average Bonchev–Trinajstić information content (AvgIpc) is 2.82. The molecule has 1 atom stereocenters. The van der Waals surface area contributed by atoms with E-state index in [-0.39, 0.29) is 11.5 Å². The van der Waals surface area contributed by atoms with Gasteiger partial charge in [-0.15, -0.1) is 10.2 Å². The molecule has 2 aromatic rings. The molecule has 0 aliphatic carbocycles. The number of hydrogen-bond acceptors (Lipinski definition) is 4. The molecule has 0 saturated heterocycles. The van der Waals surface area contributed by atoms with E-state index < -0.39 is 0 Å². The topological polar surface area (TPSA) is 75.6 Å². The summed E-state index contributed by atoms with van der Waals surface area (Å²) in [6, 6.07) is 1.70. The maximum Gasteiger partial charge on any atom is 0.192 e. The first-order chi connectivity index (χ1) is 9.18. The fourth-order valence-corrected chi connectivity index (χ4v) is 2.51. The summed E-state index contributed by atoms with van der Waals surface area (Å²) in [4.78, 5) is 14.8. The van der Waals surface area contributed by atoms with Gasteiger partial charge in [-0.3, -0.25) is 4.79 Å². The third-order valence-electron chi connectivity index (χ3n) is 3.49. The Labute approximate surface area is 110 Å². The molecule has 0 spiro atoms. The van der Waals surface area contributed by atoms with Crippen molar-refractivity contribution in [1.82, 2.24) is 25.1 Å². The molecule has 6 heteroatoms. The van der Waals surface area contributed by atoms with Gasteiger partial charge in [-0.1, -0.05) is 13.8 Å². The monoisotopic (exact) mass is 259 g/mol. The number of aromatic nitrogens is 4. The molecule has 0 saturated carbocycles. The van der Waals surface area contributed by atoms with Gasteiger partial charge >= 0.3 is 0 Å². The molecule has 100 valence electrons. The van der Waals surface area contributed by atoms with E-state index in [0.29, 0.717) is 17.3 Å². The van der Waals surface area contributed by atoms with Gasteiger partial charge in [0.2, 0.25) is 0 Å². The highest BCUT2D eigenvalue weighted by atomic mass is 16.1. The highest BCUT2D eigenvalue weighted by molar-refractivity contribution is 5.53. The predicted molar refractivity (Wildman–Crippen MR) is 71.7 cm³/mol. The van der Waals surface area contributed by atoms with Crippen molar-refractivity contribution in [2.75, 3.05) is 6.54 Å². The molecule has 0 amide bonds. The number of aromatic amines is 1. The molecule has 1 aliphatic rings. The normalized spacial score (nSPS) is 18.6. The lowest BCUT2D eigenvalue weighted by molar-refractivity contribution is 0.339. The number of fused-ring (bicyclic) bond motifs is 1.